The summed E-state index contributed by atoms with van der Waals surface area (Å²) in [6.45, 7) is 8.24. The van der Waals surface area contributed by atoms with Crippen LogP contribution in [0.15, 0.2) is 127 Å². The van der Waals surface area contributed by atoms with Crippen LogP contribution in [0.5, 0.6) is 0 Å². The van der Waals surface area contributed by atoms with Crippen molar-refractivity contribution in [3.05, 3.63) is 166 Å². The molecule has 0 aliphatic carbocycles. The van der Waals surface area contributed by atoms with Gasteiger partial charge >= 0.3 is 12.4 Å². The molecular formula is C49H35F6N3. The van der Waals surface area contributed by atoms with Crippen molar-refractivity contribution in [2.75, 3.05) is 5.73 Å². The second-order valence-corrected chi connectivity index (χ2v) is 15.0. The number of halogens is 6. The lowest BCUT2D eigenvalue weighted by Crippen LogP contribution is -2.11. The van der Waals surface area contributed by atoms with Crippen LogP contribution in [-0.2, 0) is 12.4 Å². The Balaban J connectivity index is 1.40. The van der Waals surface area contributed by atoms with E-state index in [9.17, 15) is 31.6 Å². The number of hydrogen-bond donors (Lipinski definition) is 1. The zero-order chi connectivity index (χ0) is 41.3. The summed E-state index contributed by atoms with van der Waals surface area (Å²) in [4.78, 5) is 0. The van der Waals surface area contributed by atoms with Gasteiger partial charge in [0.15, 0.2) is 0 Å². The number of aromatic nitrogens is 1. The highest BCUT2D eigenvalue weighted by atomic mass is 19.4. The molecule has 288 valence electrons. The van der Waals surface area contributed by atoms with E-state index in [0.717, 1.165) is 66.3 Å². The van der Waals surface area contributed by atoms with Crippen LogP contribution in [0.3, 0.4) is 0 Å². The number of benzene rings is 7. The zero-order valence-corrected chi connectivity index (χ0v) is 31.9. The van der Waals surface area contributed by atoms with Crippen LogP contribution in [0.4, 0.5) is 32.0 Å². The lowest BCUT2D eigenvalue weighted by Gasteiger charge is -2.18. The number of nitrogens with zero attached hydrogens (tertiary/aromatic N) is 2. The second kappa shape index (κ2) is 14.0. The summed E-state index contributed by atoms with van der Waals surface area (Å²) in [5.74, 6) is 0. The van der Waals surface area contributed by atoms with E-state index in [1.807, 2.05) is 28.8 Å². The molecule has 8 aromatic rings. The largest absolute Gasteiger partial charge is 0.416 e. The fourth-order valence-electron chi connectivity index (χ4n) is 8.03. The van der Waals surface area contributed by atoms with E-state index in [1.54, 1.807) is 18.2 Å². The van der Waals surface area contributed by atoms with Crippen LogP contribution < -0.4 is 5.73 Å². The lowest BCUT2D eigenvalue weighted by atomic mass is 9.93. The fraction of sp³-hybridized carbons (Fsp3) is 0.122. The molecule has 7 aromatic carbocycles. The van der Waals surface area contributed by atoms with Gasteiger partial charge in [0.25, 0.3) is 0 Å². The van der Waals surface area contributed by atoms with Gasteiger partial charge in [-0.2, -0.15) is 31.6 Å². The highest BCUT2D eigenvalue weighted by Gasteiger charge is 2.37. The van der Waals surface area contributed by atoms with E-state index in [0.29, 0.717) is 34.5 Å². The number of aryl methyl sites for hydroxylation is 4. The monoisotopic (exact) mass is 779 g/mol. The van der Waals surface area contributed by atoms with Crippen molar-refractivity contribution >= 4 is 27.5 Å². The molecule has 0 aliphatic heterocycles. The van der Waals surface area contributed by atoms with Crippen molar-refractivity contribution in [1.82, 2.24) is 4.57 Å². The second-order valence-electron chi connectivity index (χ2n) is 15.0. The maximum Gasteiger partial charge on any atom is 0.416 e. The molecule has 9 heteroatoms. The Morgan fingerprint density at radius 3 is 1.38 bits per heavy atom. The Morgan fingerprint density at radius 2 is 0.914 bits per heavy atom. The van der Waals surface area contributed by atoms with Crippen LogP contribution in [0, 0.1) is 39.0 Å². The zero-order valence-electron chi connectivity index (χ0n) is 31.9. The molecular weight excluding hydrogens is 745 g/mol. The van der Waals surface area contributed by atoms with Crippen LogP contribution >= 0.6 is 0 Å². The molecule has 0 fully saturated rings. The fourth-order valence-corrected chi connectivity index (χ4v) is 8.03. The molecule has 0 atom stereocenters. The molecule has 3 nitrogen and oxygen atoms in total. The molecule has 58 heavy (non-hydrogen) atoms. The highest BCUT2D eigenvalue weighted by Crippen LogP contribution is 2.44. The van der Waals surface area contributed by atoms with Gasteiger partial charge in [0.05, 0.1) is 39.5 Å². The predicted octanol–water partition coefficient (Wildman–Crippen LogP) is 14.2. The van der Waals surface area contributed by atoms with Gasteiger partial charge in [0, 0.05) is 27.6 Å². The van der Waals surface area contributed by atoms with E-state index in [4.69, 9.17) is 5.73 Å². The number of nitrogens with two attached hydrogens (primary N) is 1. The molecule has 0 spiro atoms. The van der Waals surface area contributed by atoms with Gasteiger partial charge in [-0.1, -0.05) is 82.9 Å². The van der Waals surface area contributed by atoms with E-state index in [-0.39, 0.29) is 22.9 Å². The van der Waals surface area contributed by atoms with Gasteiger partial charge < -0.3 is 10.3 Å². The topological polar surface area (TPSA) is 54.7 Å². The Morgan fingerprint density at radius 1 is 0.466 bits per heavy atom. The highest BCUT2D eigenvalue weighted by molar-refractivity contribution is 6.12. The molecule has 0 saturated carbocycles. The first-order valence-electron chi connectivity index (χ1n) is 18.5. The molecule has 1 heterocycles. The number of nitriles is 1. The van der Waals surface area contributed by atoms with Crippen molar-refractivity contribution in [2.24, 2.45) is 0 Å². The average molecular weight is 780 g/mol. The van der Waals surface area contributed by atoms with Crippen molar-refractivity contribution < 1.29 is 26.3 Å². The van der Waals surface area contributed by atoms with E-state index in [1.165, 1.54) is 18.2 Å². The summed E-state index contributed by atoms with van der Waals surface area (Å²) in [6.07, 6.45) is -10.0. The van der Waals surface area contributed by atoms with Crippen molar-refractivity contribution in [3.63, 3.8) is 0 Å². The minimum absolute atomic E-state index is 0.106. The van der Waals surface area contributed by atoms with Crippen molar-refractivity contribution in [3.8, 4) is 56.3 Å². The summed E-state index contributed by atoms with van der Waals surface area (Å²) in [5.41, 5.74) is 16.0. The quantitative estimate of drug-likeness (QED) is 0.140. The Bertz CT molecular complexity index is 2820. The number of rotatable bonds is 5. The Hall–Kier alpha value is -6.79. The summed E-state index contributed by atoms with van der Waals surface area (Å²) >= 11 is 0. The van der Waals surface area contributed by atoms with Crippen LogP contribution in [-0.4, -0.2) is 4.57 Å². The number of anilines is 1. The summed E-state index contributed by atoms with van der Waals surface area (Å²) in [7, 11) is 0. The normalized spacial score (nSPS) is 12.0. The van der Waals surface area contributed by atoms with Crippen LogP contribution in [0.2, 0.25) is 0 Å². The van der Waals surface area contributed by atoms with Gasteiger partial charge in [-0.3, -0.25) is 0 Å². The third-order valence-corrected chi connectivity index (χ3v) is 10.5. The Kier molecular flexibility index (Phi) is 9.19. The summed E-state index contributed by atoms with van der Waals surface area (Å²) in [6, 6.07) is 38.4. The Labute approximate surface area is 331 Å². The molecule has 0 aliphatic rings. The maximum atomic E-state index is 13.9. The SMILES string of the molecule is Cc1cc(C)cc(-c2ccc3c(c2)c2cc(-c4cc(C)cc(C)c4)ccc2n3-c2cc(C#N)ccc2-c2cc(-c3cc(C(F)(F)F)cc(C(F)(F)F)c3)ccc2N)c1. The van der Waals surface area contributed by atoms with Gasteiger partial charge in [0.2, 0.25) is 0 Å². The molecule has 0 amide bonds. The van der Waals surface area contributed by atoms with Crippen LogP contribution in [0.1, 0.15) is 38.9 Å². The minimum atomic E-state index is -5.01. The molecule has 0 unspecified atom stereocenters. The molecule has 0 saturated heterocycles. The maximum absolute atomic E-state index is 13.9. The van der Waals surface area contributed by atoms with Gasteiger partial charge in [-0.25, -0.2) is 0 Å². The lowest BCUT2D eigenvalue weighted by molar-refractivity contribution is -0.143. The molecule has 1 aromatic heterocycles. The first-order valence-corrected chi connectivity index (χ1v) is 18.5. The number of alkyl halides is 6. The smallest absolute Gasteiger partial charge is 0.398 e. The summed E-state index contributed by atoms with van der Waals surface area (Å²) < 4.78 is 85.4. The molecule has 0 bridgehead atoms. The van der Waals surface area contributed by atoms with Crippen LogP contribution in [0.25, 0.3) is 72.0 Å². The minimum Gasteiger partial charge on any atom is -0.398 e. The van der Waals surface area contributed by atoms with Gasteiger partial charge in [0.1, 0.15) is 0 Å². The van der Waals surface area contributed by atoms with Gasteiger partial charge in [-0.05, 0) is 128 Å². The summed E-state index contributed by atoms with van der Waals surface area (Å²) in [5, 5.41) is 12.0. The molecule has 0 radical (unpaired) electrons. The molecule has 8 rings (SSSR count). The first kappa shape index (κ1) is 38.1. The first-order chi connectivity index (χ1) is 27.5. The van der Waals surface area contributed by atoms with E-state index in [2.05, 4.69) is 82.3 Å². The predicted molar refractivity (Wildman–Crippen MR) is 221 cm³/mol. The van der Waals surface area contributed by atoms with Gasteiger partial charge in [-0.15, -0.1) is 0 Å². The number of fused-ring (bicyclic) bond motifs is 3. The third-order valence-electron chi connectivity index (χ3n) is 10.5. The third kappa shape index (κ3) is 7.07. The van der Waals surface area contributed by atoms with Crippen molar-refractivity contribution in [1.29, 1.82) is 5.26 Å². The number of nitrogen functional groups attached to an aromatic ring is 1. The van der Waals surface area contributed by atoms with E-state index < -0.39 is 23.5 Å². The van der Waals surface area contributed by atoms with Crippen molar-refractivity contribution in [2.45, 2.75) is 40.0 Å². The average Bonchev–Trinajstić information content (AvgIpc) is 3.49. The standard InChI is InChI=1S/C49H35F6N3/c1-27-13-28(2)16-35(15-27)33-7-11-45-42(23-33)43-24-34(36-17-29(3)14-30(4)18-36)8-12-46(43)58(45)47-19-31(26-56)5-9-40(47)41-22-32(6-10-44(41)57)37-20-38(48(50,51)52)25-39(21-37)49(53,54)55/h5-25H,57H2,1-4H3. The molecule has 2 N–H and O–H groups in total. The number of hydrogen-bond acceptors (Lipinski definition) is 2. The van der Waals surface area contributed by atoms with E-state index >= 15 is 0 Å².